The maximum Gasteiger partial charge on any atom is 0.309 e. The Bertz CT molecular complexity index is 769. The van der Waals surface area contributed by atoms with Crippen LogP contribution in [0.2, 0.25) is 5.02 Å². The number of halogens is 2. The summed E-state index contributed by atoms with van der Waals surface area (Å²) in [5.74, 6) is 5.74. The van der Waals surface area contributed by atoms with Crippen LogP contribution in [0.1, 0.15) is 6.17 Å². The van der Waals surface area contributed by atoms with Crippen molar-refractivity contribution in [2.75, 3.05) is 26.2 Å². The number of hydrogen-bond donors (Lipinski definition) is 1. The number of piperazine rings is 1. The van der Waals surface area contributed by atoms with Gasteiger partial charge in [-0.05, 0) is 28.1 Å². The molecule has 0 bridgehead atoms. The van der Waals surface area contributed by atoms with E-state index in [1.165, 1.54) is 4.57 Å². The van der Waals surface area contributed by atoms with E-state index in [-0.39, 0.29) is 4.87 Å². The van der Waals surface area contributed by atoms with Crippen LogP contribution in [-0.2, 0) is 4.79 Å². The number of hydrazine groups is 1. The predicted molar refractivity (Wildman–Crippen MR) is 91.2 cm³/mol. The number of nitrogens with two attached hydrogens (primary N) is 1. The van der Waals surface area contributed by atoms with Crippen molar-refractivity contribution in [3.05, 3.63) is 31.3 Å². The molecule has 3 rings (SSSR count). The van der Waals surface area contributed by atoms with Gasteiger partial charge in [0.1, 0.15) is 6.17 Å². The van der Waals surface area contributed by atoms with E-state index >= 15 is 0 Å². The van der Waals surface area contributed by atoms with Gasteiger partial charge in [-0.3, -0.25) is 24.9 Å². The highest BCUT2D eigenvalue weighted by Gasteiger charge is 2.26. The zero-order valence-corrected chi connectivity index (χ0v) is 14.7. The lowest BCUT2D eigenvalue weighted by atomic mass is 10.3. The van der Waals surface area contributed by atoms with Crippen LogP contribution in [0.15, 0.2) is 21.4 Å². The zero-order chi connectivity index (χ0) is 15.9. The fraction of sp³-hybridized carbons (Fsp3) is 0.385. The first-order chi connectivity index (χ1) is 10.5. The van der Waals surface area contributed by atoms with Crippen molar-refractivity contribution in [3.8, 4) is 0 Å². The number of nitrogens with zero attached hydrogens (tertiary/aromatic N) is 3. The van der Waals surface area contributed by atoms with E-state index in [9.17, 15) is 9.59 Å². The molecule has 2 N–H and O–H groups in total. The van der Waals surface area contributed by atoms with Gasteiger partial charge in [0.25, 0.3) is 0 Å². The fourth-order valence-electron chi connectivity index (χ4n) is 2.59. The van der Waals surface area contributed by atoms with E-state index < -0.39 is 6.17 Å². The molecule has 2 aromatic rings. The molecule has 1 aromatic carbocycles. The van der Waals surface area contributed by atoms with Gasteiger partial charge in [0.15, 0.2) is 6.29 Å². The summed E-state index contributed by atoms with van der Waals surface area (Å²) in [6.07, 6.45) is 0.169. The van der Waals surface area contributed by atoms with Crippen LogP contribution >= 0.6 is 38.9 Å². The van der Waals surface area contributed by atoms with Gasteiger partial charge < -0.3 is 0 Å². The summed E-state index contributed by atoms with van der Waals surface area (Å²) < 4.78 is 3.04. The Balaban J connectivity index is 2.07. The van der Waals surface area contributed by atoms with Gasteiger partial charge in [-0.2, -0.15) is 0 Å². The summed E-state index contributed by atoms with van der Waals surface area (Å²) in [7, 11) is 0. The minimum Gasteiger partial charge on any atom is -0.299 e. The summed E-state index contributed by atoms with van der Waals surface area (Å²) >= 11 is 10.6. The molecule has 1 saturated heterocycles. The second-order valence-electron chi connectivity index (χ2n) is 5.09. The van der Waals surface area contributed by atoms with Crippen LogP contribution in [0.25, 0.3) is 10.2 Å². The van der Waals surface area contributed by atoms with Crippen molar-refractivity contribution in [2.24, 2.45) is 5.84 Å². The average molecular weight is 406 g/mol. The molecule has 1 aliphatic rings. The second-order valence-corrected chi connectivity index (χ2v) is 7.35. The van der Waals surface area contributed by atoms with E-state index in [1.807, 2.05) is 4.90 Å². The van der Waals surface area contributed by atoms with Crippen LogP contribution in [0.5, 0.6) is 0 Å². The van der Waals surface area contributed by atoms with Gasteiger partial charge in [0.2, 0.25) is 0 Å². The van der Waals surface area contributed by atoms with Crippen LogP contribution in [0.4, 0.5) is 0 Å². The second kappa shape index (κ2) is 6.38. The van der Waals surface area contributed by atoms with Crippen molar-refractivity contribution in [1.82, 2.24) is 14.5 Å². The van der Waals surface area contributed by atoms with Crippen molar-refractivity contribution in [1.29, 1.82) is 0 Å². The monoisotopic (exact) mass is 404 g/mol. The maximum atomic E-state index is 12.4. The maximum absolute atomic E-state index is 12.4. The molecule has 118 valence electrons. The molecule has 9 heteroatoms. The number of carbonyl (C=O) groups is 1. The van der Waals surface area contributed by atoms with Crippen LogP contribution < -0.4 is 10.7 Å². The Hall–Kier alpha value is -0.770. The van der Waals surface area contributed by atoms with Gasteiger partial charge in [-0.1, -0.05) is 22.9 Å². The summed E-state index contributed by atoms with van der Waals surface area (Å²) in [6, 6.07) is 3.52. The third-order valence-corrected chi connectivity index (χ3v) is 5.88. The molecule has 0 aliphatic carbocycles. The lowest BCUT2D eigenvalue weighted by Crippen LogP contribution is -2.52. The van der Waals surface area contributed by atoms with Crippen LogP contribution in [-0.4, -0.2) is 46.9 Å². The Morgan fingerprint density at radius 1 is 1.32 bits per heavy atom. The summed E-state index contributed by atoms with van der Waals surface area (Å²) in [4.78, 5) is 25.8. The van der Waals surface area contributed by atoms with Crippen molar-refractivity contribution in [3.63, 3.8) is 0 Å². The van der Waals surface area contributed by atoms with Crippen molar-refractivity contribution in [2.45, 2.75) is 6.17 Å². The summed E-state index contributed by atoms with van der Waals surface area (Å²) in [6.45, 7) is 2.59. The highest BCUT2D eigenvalue weighted by Crippen LogP contribution is 2.31. The van der Waals surface area contributed by atoms with Gasteiger partial charge in [0.05, 0.1) is 15.2 Å². The number of aromatic nitrogens is 1. The topological polar surface area (TPSA) is 71.6 Å². The number of benzene rings is 1. The number of hydrogen-bond acceptors (Lipinski definition) is 6. The van der Waals surface area contributed by atoms with Gasteiger partial charge in [-0.15, -0.1) is 0 Å². The highest BCUT2D eigenvalue weighted by molar-refractivity contribution is 9.10. The molecule has 0 saturated carbocycles. The molecule has 0 spiro atoms. The largest absolute Gasteiger partial charge is 0.309 e. The average Bonchev–Trinajstić information content (AvgIpc) is 2.78. The molecular formula is C13H14BrClN4O2S. The van der Waals surface area contributed by atoms with E-state index in [1.54, 1.807) is 17.1 Å². The Kier molecular flexibility index (Phi) is 4.67. The third-order valence-electron chi connectivity index (χ3n) is 3.76. The number of fused-ring (bicyclic) bond motifs is 1. The Morgan fingerprint density at radius 3 is 2.64 bits per heavy atom. The SMILES string of the molecule is NN1CCN(C(C=O)n2c(=O)sc3cc(Br)c(Cl)cc32)CC1. The quantitative estimate of drug-likeness (QED) is 0.621. The molecule has 1 fully saturated rings. The van der Waals surface area contributed by atoms with Crippen LogP contribution in [0, 0.1) is 0 Å². The first-order valence-electron chi connectivity index (χ1n) is 6.70. The molecule has 0 amide bonds. The highest BCUT2D eigenvalue weighted by atomic mass is 79.9. The molecule has 22 heavy (non-hydrogen) atoms. The third kappa shape index (κ3) is 2.86. The van der Waals surface area contributed by atoms with Gasteiger partial charge in [-0.25, -0.2) is 5.01 Å². The minimum atomic E-state index is -0.632. The smallest absolute Gasteiger partial charge is 0.299 e. The number of carbonyl (C=O) groups excluding carboxylic acids is 1. The van der Waals surface area contributed by atoms with Crippen LogP contribution in [0.3, 0.4) is 0 Å². The van der Waals surface area contributed by atoms with E-state index in [4.69, 9.17) is 17.4 Å². The number of aldehydes is 1. The molecular weight excluding hydrogens is 392 g/mol. The summed E-state index contributed by atoms with van der Waals surface area (Å²) in [5.41, 5.74) is 0.676. The Labute approximate surface area is 144 Å². The predicted octanol–water partition coefficient (Wildman–Crippen LogP) is 1.67. The molecule has 1 atom stereocenters. The van der Waals surface area contributed by atoms with Gasteiger partial charge in [0, 0.05) is 30.7 Å². The lowest BCUT2D eigenvalue weighted by Gasteiger charge is -2.35. The Morgan fingerprint density at radius 2 is 2.00 bits per heavy atom. The molecule has 2 heterocycles. The van der Waals surface area contributed by atoms with Crippen molar-refractivity contribution < 1.29 is 4.79 Å². The van der Waals surface area contributed by atoms with E-state index in [0.29, 0.717) is 36.7 Å². The van der Waals surface area contributed by atoms with Gasteiger partial charge >= 0.3 is 4.87 Å². The standard InChI is InChI=1S/C13H14BrClN4O2S/c14-8-5-11-10(6-9(8)15)19(13(21)22-11)12(7-20)17-1-3-18(16)4-2-17/h5-7,12H,1-4,16H2. The normalized spacial score (nSPS) is 18.7. The number of rotatable bonds is 3. The van der Waals surface area contributed by atoms with E-state index in [0.717, 1.165) is 26.8 Å². The molecule has 1 unspecified atom stereocenters. The van der Waals surface area contributed by atoms with E-state index in [2.05, 4.69) is 15.9 Å². The molecule has 1 aromatic heterocycles. The molecule has 1 aliphatic heterocycles. The fourth-order valence-corrected chi connectivity index (χ4v) is 4.18. The lowest BCUT2D eigenvalue weighted by molar-refractivity contribution is -0.116. The first kappa shape index (κ1) is 16.1. The first-order valence-corrected chi connectivity index (χ1v) is 8.69. The summed E-state index contributed by atoms with van der Waals surface area (Å²) in [5, 5.41) is 2.22. The number of thiazole rings is 1. The minimum absolute atomic E-state index is 0.170. The van der Waals surface area contributed by atoms with Crippen molar-refractivity contribution >= 4 is 55.4 Å². The zero-order valence-electron chi connectivity index (χ0n) is 11.5. The molecule has 6 nitrogen and oxygen atoms in total. The molecule has 0 radical (unpaired) electrons.